The van der Waals surface area contributed by atoms with Gasteiger partial charge in [0.1, 0.15) is 6.04 Å². The van der Waals surface area contributed by atoms with E-state index in [1.165, 1.54) is 0 Å². The Morgan fingerprint density at radius 1 is 1.43 bits per heavy atom. The first kappa shape index (κ1) is 15.5. The third kappa shape index (κ3) is 3.80. The lowest BCUT2D eigenvalue weighted by Gasteiger charge is -2.36. The predicted molar refractivity (Wildman–Crippen MR) is 80.7 cm³/mol. The van der Waals surface area contributed by atoms with Crippen LogP contribution in [0.5, 0.6) is 0 Å². The van der Waals surface area contributed by atoms with Gasteiger partial charge in [0.15, 0.2) is 0 Å². The van der Waals surface area contributed by atoms with Crippen LogP contribution >= 0.6 is 0 Å². The number of nitrogens with one attached hydrogen (secondary N) is 1. The van der Waals surface area contributed by atoms with Crippen LogP contribution < -0.4 is 11.1 Å². The summed E-state index contributed by atoms with van der Waals surface area (Å²) in [7, 11) is 3.53. The fourth-order valence-electron chi connectivity index (χ4n) is 2.53. The van der Waals surface area contributed by atoms with Gasteiger partial charge in [0.05, 0.1) is 0 Å². The normalized spacial score (nSPS) is 19.2. The van der Waals surface area contributed by atoms with Gasteiger partial charge in [-0.15, -0.1) is 0 Å². The number of amides is 2. The monoisotopic (exact) mass is 290 g/mol. The van der Waals surface area contributed by atoms with Crippen LogP contribution in [0.4, 0.5) is 0 Å². The first-order valence-electron chi connectivity index (χ1n) is 7.03. The SMILES string of the molecule is CN(C)C(=O)C1CNCCN1Cc1cccc(C(N)=O)c1. The topological polar surface area (TPSA) is 78.7 Å². The highest BCUT2D eigenvalue weighted by Gasteiger charge is 2.29. The summed E-state index contributed by atoms with van der Waals surface area (Å²) in [5.41, 5.74) is 6.80. The number of carbonyl (C=O) groups excluding carboxylic acids is 2. The van der Waals surface area contributed by atoms with E-state index in [4.69, 9.17) is 5.73 Å². The fraction of sp³-hybridized carbons (Fsp3) is 0.467. The van der Waals surface area contributed by atoms with Crippen LogP contribution in [0.2, 0.25) is 0 Å². The highest BCUT2D eigenvalue weighted by molar-refractivity contribution is 5.92. The van der Waals surface area contributed by atoms with E-state index in [0.29, 0.717) is 18.7 Å². The number of primary amides is 1. The summed E-state index contributed by atoms with van der Waals surface area (Å²) in [6, 6.07) is 7.09. The smallest absolute Gasteiger partial charge is 0.248 e. The molecule has 114 valence electrons. The Bertz CT molecular complexity index is 530. The molecular formula is C15H22N4O2. The number of nitrogens with two attached hydrogens (primary N) is 1. The molecule has 2 rings (SSSR count). The molecule has 0 aromatic heterocycles. The molecule has 0 radical (unpaired) electrons. The van der Waals surface area contributed by atoms with Gasteiger partial charge < -0.3 is 16.0 Å². The van der Waals surface area contributed by atoms with Crippen molar-refractivity contribution in [1.82, 2.24) is 15.1 Å². The summed E-state index contributed by atoms with van der Waals surface area (Å²) in [5.74, 6) is -0.341. The first-order chi connectivity index (χ1) is 9.99. The average molecular weight is 290 g/mol. The number of nitrogens with zero attached hydrogens (tertiary/aromatic N) is 2. The highest BCUT2D eigenvalue weighted by atomic mass is 16.2. The zero-order valence-corrected chi connectivity index (χ0v) is 12.5. The van der Waals surface area contributed by atoms with Crippen LogP contribution in [0.25, 0.3) is 0 Å². The van der Waals surface area contributed by atoms with E-state index in [1.807, 2.05) is 12.1 Å². The minimum atomic E-state index is -0.432. The summed E-state index contributed by atoms with van der Waals surface area (Å²) in [6.45, 7) is 2.93. The van der Waals surface area contributed by atoms with Crippen molar-refractivity contribution < 1.29 is 9.59 Å². The van der Waals surface area contributed by atoms with Gasteiger partial charge in [-0.05, 0) is 17.7 Å². The standard InChI is InChI=1S/C15H22N4O2/c1-18(2)15(21)13-9-17-6-7-19(13)10-11-4-3-5-12(8-11)14(16)20/h3-5,8,13,17H,6-7,9-10H2,1-2H3,(H2,16,20). The molecule has 2 amide bonds. The molecule has 1 aliphatic rings. The molecule has 1 aliphatic heterocycles. The molecule has 1 unspecified atom stereocenters. The van der Waals surface area contributed by atoms with Crippen molar-refractivity contribution >= 4 is 11.8 Å². The number of hydrogen-bond donors (Lipinski definition) is 2. The summed E-state index contributed by atoms with van der Waals surface area (Å²) in [4.78, 5) is 27.2. The zero-order valence-electron chi connectivity index (χ0n) is 12.5. The number of likely N-dealkylation sites (N-methyl/N-ethyl adjacent to an activating group) is 1. The molecule has 1 aromatic carbocycles. The van der Waals surface area contributed by atoms with Crippen LogP contribution in [-0.2, 0) is 11.3 Å². The number of benzene rings is 1. The third-order valence-electron chi connectivity index (χ3n) is 3.68. The molecule has 1 atom stereocenters. The largest absolute Gasteiger partial charge is 0.366 e. The lowest BCUT2D eigenvalue weighted by molar-refractivity contribution is -0.135. The van der Waals surface area contributed by atoms with Gasteiger partial charge in [-0.2, -0.15) is 0 Å². The zero-order chi connectivity index (χ0) is 15.4. The third-order valence-corrected chi connectivity index (χ3v) is 3.68. The van der Waals surface area contributed by atoms with Crippen molar-refractivity contribution in [1.29, 1.82) is 0 Å². The highest BCUT2D eigenvalue weighted by Crippen LogP contribution is 2.13. The Hall–Kier alpha value is -1.92. The maximum absolute atomic E-state index is 12.2. The molecule has 0 aliphatic carbocycles. The molecule has 0 saturated carbocycles. The molecule has 0 spiro atoms. The lowest BCUT2D eigenvalue weighted by atomic mass is 10.1. The quantitative estimate of drug-likeness (QED) is 0.794. The van der Waals surface area contributed by atoms with Gasteiger partial charge in [0.2, 0.25) is 11.8 Å². The van der Waals surface area contributed by atoms with Crippen LogP contribution in [0.15, 0.2) is 24.3 Å². The lowest BCUT2D eigenvalue weighted by Crippen LogP contribution is -2.57. The molecule has 1 fully saturated rings. The van der Waals surface area contributed by atoms with E-state index in [1.54, 1.807) is 31.1 Å². The van der Waals surface area contributed by atoms with Crippen molar-refractivity contribution in [2.45, 2.75) is 12.6 Å². The van der Waals surface area contributed by atoms with Crippen LogP contribution in [0.1, 0.15) is 15.9 Å². The van der Waals surface area contributed by atoms with Gasteiger partial charge in [0.25, 0.3) is 0 Å². The van der Waals surface area contributed by atoms with Crippen molar-refractivity contribution in [3.8, 4) is 0 Å². The number of hydrogen-bond acceptors (Lipinski definition) is 4. The minimum Gasteiger partial charge on any atom is -0.366 e. The van der Waals surface area contributed by atoms with E-state index in [-0.39, 0.29) is 11.9 Å². The number of piperazine rings is 1. The second-order valence-corrected chi connectivity index (χ2v) is 5.49. The van der Waals surface area contributed by atoms with E-state index in [0.717, 1.165) is 18.7 Å². The Labute approximate surface area is 124 Å². The molecule has 1 aromatic rings. The Morgan fingerprint density at radius 2 is 2.19 bits per heavy atom. The van der Waals surface area contributed by atoms with Gasteiger partial charge in [-0.3, -0.25) is 14.5 Å². The van der Waals surface area contributed by atoms with E-state index in [9.17, 15) is 9.59 Å². The maximum Gasteiger partial charge on any atom is 0.248 e. The number of carbonyl (C=O) groups is 2. The fourth-order valence-corrected chi connectivity index (χ4v) is 2.53. The minimum absolute atomic E-state index is 0.0910. The molecule has 6 nitrogen and oxygen atoms in total. The van der Waals surface area contributed by atoms with Crippen molar-refractivity contribution in [2.75, 3.05) is 33.7 Å². The van der Waals surface area contributed by atoms with Crippen molar-refractivity contribution in [3.63, 3.8) is 0 Å². The second kappa shape index (κ2) is 6.69. The van der Waals surface area contributed by atoms with E-state index < -0.39 is 5.91 Å². The van der Waals surface area contributed by atoms with Crippen molar-refractivity contribution in [3.05, 3.63) is 35.4 Å². The van der Waals surface area contributed by atoms with Gasteiger partial charge >= 0.3 is 0 Å². The molecule has 21 heavy (non-hydrogen) atoms. The predicted octanol–water partition coefficient (Wildman–Crippen LogP) is -0.352. The molecule has 1 heterocycles. The van der Waals surface area contributed by atoms with E-state index >= 15 is 0 Å². The average Bonchev–Trinajstić information content (AvgIpc) is 2.47. The van der Waals surface area contributed by atoms with Gasteiger partial charge in [-0.25, -0.2) is 0 Å². The Balaban J connectivity index is 2.14. The van der Waals surface area contributed by atoms with Crippen LogP contribution in [0.3, 0.4) is 0 Å². The Kier molecular flexibility index (Phi) is 4.93. The summed E-state index contributed by atoms with van der Waals surface area (Å²) in [6.07, 6.45) is 0. The van der Waals surface area contributed by atoms with E-state index in [2.05, 4.69) is 10.2 Å². The van der Waals surface area contributed by atoms with Gasteiger partial charge in [-0.1, -0.05) is 12.1 Å². The number of rotatable bonds is 4. The second-order valence-electron chi connectivity index (χ2n) is 5.49. The van der Waals surface area contributed by atoms with Gasteiger partial charge in [0, 0.05) is 45.8 Å². The summed E-state index contributed by atoms with van der Waals surface area (Å²) in [5, 5.41) is 3.25. The molecule has 0 bridgehead atoms. The first-order valence-corrected chi connectivity index (χ1v) is 7.03. The Morgan fingerprint density at radius 3 is 2.86 bits per heavy atom. The summed E-state index contributed by atoms with van der Waals surface area (Å²) >= 11 is 0. The van der Waals surface area contributed by atoms with Crippen LogP contribution in [0, 0.1) is 0 Å². The molecule has 1 saturated heterocycles. The maximum atomic E-state index is 12.2. The molecule has 3 N–H and O–H groups in total. The van der Waals surface area contributed by atoms with Crippen molar-refractivity contribution in [2.24, 2.45) is 5.73 Å². The molecular weight excluding hydrogens is 268 g/mol. The summed E-state index contributed by atoms with van der Waals surface area (Å²) < 4.78 is 0. The molecule has 6 heteroatoms. The van der Waals surface area contributed by atoms with Crippen LogP contribution in [-0.4, -0.2) is 61.4 Å².